The van der Waals surface area contributed by atoms with Crippen LogP contribution in [0.3, 0.4) is 0 Å². The van der Waals surface area contributed by atoms with Crippen molar-refractivity contribution in [3.05, 3.63) is 58.6 Å². The molecular weight excluding hydrogens is 313 g/mol. The number of pyridine rings is 1. The number of halogens is 2. The Bertz CT molecular complexity index is 759. The molecule has 3 nitrogen and oxygen atoms in total. The fourth-order valence-corrected chi connectivity index (χ4v) is 3.26. The number of aromatic nitrogens is 3. The molecule has 2 aromatic heterocycles. The molecule has 0 aliphatic rings. The predicted octanol–water partition coefficient (Wildman–Crippen LogP) is 4.62. The van der Waals surface area contributed by atoms with E-state index >= 15 is 0 Å². The van der Waals surface area contributed by atoms with Crippen LogP contribution >= 0.6 is 35.0 Å². The highest BCUT2D eigenvalue weighted by molar-refractivity contribution is 7.98. The highest BCUT2D eigenvalue weighted by Gasteiger charge is 2.07. The van der Waals surface area contributed by atoms with Crippen LogP contribution in [0.15, 0.2) is 47.8 Å². The monoisotopic (exact) mass is 321 g/mol. The minimum absolute atomic E-state index is 0.399. The molecule has 3 aromatic rings. The summed E-state index contributed by atoms with van der Waals surface area (Å²) >= 11 is 13.5. The number of thioether (sulfide) groups is 1. The molecule has 1 aromatic carbocycles. The summed E-state index contributed by atoms with van der Waals surface area (Å²) in [4.78, 5) is 12.6. The molecule has 0 spiro atoms. The van der Waals surface area contributed by atoms with E-state index < -0.39 is 0 Å². The maximum atomic E-state index is 6.07. The van der Waals surface area contributed by atoms with Crippen LogP contribution in [0.1, 0.15) is 5.56 Å². The topological polar surface area (TPSA) is 38.7 Å². The average molecular weight is 322 g/mol. The molecule has 3 rings (SSSR count). The number of hydrogen-bond donors (Lipinski definition) is 0. The standard InChI is InChI=1S/C14H9Cl2N3S/c15-12-6-5-9(13(16)19-12)7-20-14-10-3-1-2-4-11(10)17-8-18-14/h1-6,8H,7H2. The molecule has 0 fully saturated rings. The minimum atomic E-state index is 0.399. The fourth-order valence-electron chi connectivity index (χ4n) is 1.79. The summed E-state index contributed by atoms with van der Waals surface area (Å²) in [5.41, 5.74) is 1.87. The SMILES string of the molecule is Clc1ccc(CSc2ncnc3ccccc23)c(Cl)n1. The van der Waals surface area contributed by atoms with Crippen LogP contribution in [-0.4, -0.2) is 15.0 Å². The van der Waals surface area contributed by atoms with E-state index in [4.69, 9.17) is 23.2 Å². The van der Waals surface area contributed by atoms with Crippen molar-refractivity contribution < 1.29 is 0 Å². The van der Waals surface area contributed by atoms with Crippen LogP contribution in [0.25, 0.3) is 10.9 Å². The molecule has 6 heteroatoms. The highest BCUT2D eigenvalue weighted by atomic mass is 35.5. The van der Waals surface area contributed by atoms with Crippen LogP contribution in [-0.2, 0) is 5.75 Å². The van der Waals surface area contributed by atoms with Gasteiger partial charge in [0, 0.05) is 11.1 Å². The van der Waals surface area contributed by atoms with E-state index in [1.165, 1.54) is 0 Å². The zero-order valence-electron chi connectivity index (χ0n) is 10.3. The molecule has 0 radical (unpaired) electrons. The van der Waals surface area contributed by atoms with Crippen molar-refractivity contribution in [3.8, 4) is 0 Å². The molecule has 20 heavy (non-hydrogen) atoms. The highest BCUT2D eigenvalue weighted by Crippen LogP contribution is 2.29. The smallest absolute Gasteiger partial charge is 0.134 e. The largest absolute Gasteiger partial charge is 0.236 e. The summed E-state index contributed by atoms with van der Waals surface area (Å²) in [5.74, 6) is 0.685. The van der Waals surface area contributed by atoms with Gasteiger partial charge in [-0.1, -0.05) is 47.5 Å². The van der Waals surface area contributed by atoms with E-state index in [9.17, 15) is 0 Å². The third-order valence-electron chi connectivity index (χ3n) is 2.76. The lowest BCUT2D eigenvalue weighted by atomic mass is 10.2. The quantitative estimate of drug-likeness (QED) is 0.400. The van der Waals surface area contributed by atoms with Gasteiger partial charge in [-0.15, -0.1) is 11.8 Å². The van der Waals surface area contributed by atoms with Gasteiger partial charge in [-0.3, -0.25) is 0 Å². The lowest BCUT2D eigenvalue weighted by Gasteiger charge is -2.06. The molecule has 0 saturated heterocycles. The van der Waals surface area contributed by atoms with Crippen molar-refractivity contribution in [2.75, 3.05) is 0 Å². The third kappa shape index (κ3) is 2.87. The third-order valence-corrected chi connectivity index (χ3v) is 4.35. The lowest BCUT2D eigenvalue weighted by Crippen LogP contribution is -1.90. The molecule has 0 aliphatic heterocycles. The van der Waals surface area contributed by atoms with Gasteiger partial charge in [-0.25, -0.2) is 15.0 Å². The van der Waals surface area contributed by atoms with Gasteiger partial charge in [0.1, 0.15) is 21.7 Å². The second-order valence-electron chi connectivity index (χ2n) is 4.07. The van der Waals surface area contributed by atoms with Crippen LogP contribution < -0.4 is 0 Å². The Morgan fingerprint density at radius 2 is 1.85 bits per heavy atom. The van der Waals surface area contributed by atoms with Gasteiger partial charge in [0.2, 0.25) is 0 Å². The first-order chi connectivity index (χ1) is 9.74. The van der Waals surface area contributed by atoms with Crippen LogP contribution in [0.2, 0.25) is 10.3 Å². The van der Waals surface area contributed by atoms with Crippen molar-refractivity contribution in [2.45, 2.75) is 10.8 Å². The Labute approximate surface area is 130 Å². The van der Waals surface area contributed by atoms with Gasteiger partial charge in [-0.05, 0) is 17.7 Å². The van der Waals surface area contributed by atoms with Gasteiger partial charge < -0.3 is 0 Å². The van der Waals surface area contributed by atoms with E-state index in [1.807, 2.05) is 30.3 Å². The normalized spacial score (nSPS) is 10.9. The first-order valence-corrected chi connectivity index (χ1v) is 7.61. The maximum Gasteiger partial charge on any atom is 0.134 e. The van der Waals surface area contributed by atoms with Crippen LogP contribution in [0.5, 0.6) is 0 Å². The number of hydrogen-bond acceptors (Lipinski definition) is 4. The first-order valence-electron chi connectivity index (χ1n) is 5.87. The van der Waals surface area contributed by atoms with Gasteiger partial charge in [0.15, 0.2) is 0 Å². The summed E-state index contributed by atoms with van der Waals surface area (Å²) in [5, 5.41) is 2.80. The van der Waals surface area contributed by atoms with Crippen molar-refractivity contribution in [1.29, 1.82) is 0 Å². The van der Waals surface area contributed by atoms with Gasteiger partial charge >= 0.3 is 0 Å². The van der Waals surface area contributed by atoms with Crippen molar-refractivity contribution in [3.63, 3.8) is 0 Å². The predicted molar refractivity (Wildman–Crippen MR) is 83.4 cm³/mol. The Kier molecular flexibility index (Phi) is 4.05. The number of para-hydroxylation sites is 1. The van der Waals surface area contributed by atoms with Crippen LogP contribution in [0.4, 0.5) is 0 Å². The number of rotatable bonds is 3. The second-order valence-corrected chi connectivity index (χ2v) is 5.78. The number of nitrogens with zero attached hydrogens (tertiary/aromatic N) is 3. The zero-order chi connectivity index (χ0) is 13.9. The molecule has 100 valence electrons. The summed E-state index contributed by atoms with van der Waals surface area (Å²) in [6.07, 6.45) is 1.58. The number of fused-ring (bicyclic) bond motifs is 1. The summed E-state index contributed by atoms with van der Waals surface area (Å²) in [6.45, 7) is 0. The summed E-state index contributed by atoms with van der Waals surface area (Å²) < 4.78 is 0. The molecule has 2 heterocycles. The molecule has 0 aliphatic carbocycles. The maximum absolute atomic E-state index is 6.07. The van der Waals surface area contributed by atoms with Crippen molar-refractivity contribution >= 4 is 45.9 Å². The summed E-state index contributed by atoms with van der Waals surface area (Å²) in [6, 6.07) is 11.5. The van der Waals surface area contributed by atoms with E-state index in [0.29, 0.717) is 16.1 Å². The Hall–Kier alpha value is -1.36. The fraction of sp³-hybridized carbons (Fsp3) is 0.0714. The lowest BCUT2D eigenvalue weighted by molar-refractivity contribution is 1.10. The molecule has 0 saturated carbocycles. The van der Waals surface area contributed by atoms with E-state index in [1.54, 1.807) is 24.2 Å². The van der Waals surface area contributed by atoms with Crippen molar-refractivity contribution in [1.82, 2.24) is 15.0 Å². The molecule has 0 bridgehead atoms. The second kappa shape index (κ2) is 5.95. The molecule has 0 N–H and O–H groups in total. The molecule has 0 atom stereocenters. The van der Waals surface area contributed by atoms with E-state index in [2.05, 4.69) is 15.0 Å². The Morgan fingerprint density at radius 3 is 2.70 bits per heavy atom. The molecular formula is C14H9Cl2N3S. The molecule has 0 unspecified atom stereocenters. The molecule has 0 amide bonds. The van der Waals surface area contributed by atoms with E-state index in [-0.39, 0.29) is 0 Å². The Balaban J connectivity index is 1.87. The first kappa shape index (κ1) is 13.6. The number of benzene rings is 1. The van der Waals surface area contributed by atoms with Gasteiger partial charge in [0.05, 0.1) is 5.52 Å². The zero-order valence-corrected chi connectivity index (χ0v) is 12.6. The minimum Gasteiger partial charge on any atom is -0.236 e. The summed E-state index contributed by atoms with van der Waals surface area (Å²) in [7, 11) is 0. The van der Waals surface area contributed by atoms with Gasteiger partial charge in [-0.2, -0.15) is 0 Å². The Morgan fingerprint density at radius 1 is 1.00 bits per heavy atom. The average Bonchev–Trinajstić information content (AvgIpc) is 2.46. The van der Waals surface area contributed by atoms with Crippen LogP contribution in [0, 0.1) is 0 Å². The van der Waals surface area contributed by atoms with E-state index in [0.717, 1.165) is 21.5 Å². The van der Waals surface area contributed by atoms with Gasteiger partial charge in [0.25, 0.3) is 0 Å². The van der Waals surface area contributed by atoms with Crippen molar-refractivity contribution in [2.24, 2.45) is 0 Å².